The van der Waals surface area contributed by atoms with E-state index in [9.17, 15) is 23.1 Å². The standard InChI is InChI=1S/C19H21F3N6O2/c1-10-17(18(30)26-14-8-16(29)24-9-23-14)28-15(25-10)7-6-13(27-28)11-4-2-3-5-12(11)19(20,21)22/h2-8,13,15-16,23-25,27,29H,9H2,1H3,(H,26,30). The van der Waals surface area contributed by atoms with E-state index < -0.39 is 36.1 Å². The number of alkyl halides is 3. The molecule has 6 N–H and O–H groups in total. The summed E-state index contributed by atoms with van der Waals surface area (Å²) in [6.07, 6.45) is -1.05. The summed E-state index contributed by atoms with van der Waals surface area (Å²) in [5.41, 5.74) is 3.16. The van der Waals surface area contributed by atoms with Crippen LogP contribution in [0.25, 0.3) is 0 Å². The van der Waals surface area contributed by atoms with E-state index in [0.29, 0.717) is 11.5 Å². The number of hydrazine groups is 1. The van der Waals surface area contributed by atoms with Crippen molar-refractivity contribution in [1.29, 1.82) is 0 Å². The number of benzene rings is 1. The zero-order valence-electron chi connectivity index (χ0n) is 15.9. The first-order valence-electron chi connectivity index (χ1n) is 9.30. The minimum Gasteiger partial charge on any atom is -0.375 e. The first-order chi connectivity index (χ1) is 14.2. The highest BCUT2D eigenvalue weighted by atomic mass is 19.4. The van der Waals surface area contributed by atoms with Crippen LogP contribution in [-0.2, 0) is 11.0 Å². The number of hydrogen-bond acceptors (Lipinski definition) is 7. The molecular formula is C19H21F3N6O2. The van der Waals surface area contributed by atoms with Crippen LogP contribution in [0.15, 0.2) is 59.7 Å². The van der Waals surface area contributed by atoms with Gasteiger partial charge in [0, 0.05) is 5.70 Å². The molecule has 3 unspecified atom stereocenters. The lowest BCUT2D eigenvalue weighted by Crippen LogP contribution is -2.52. The van der Waals surface area contributed by atoms with Crippen molar-refractivity contribution in [3.05, 3.63) is 70.8 Å². The highest BCUT2D eigenvalue weighted by molar-refractivity contribution is 5.95. The van der Waals surface area contributed by atoms with Crippen LogP contribution in [0.2, 0.25) is 0 Å². The summed E-state index contributed by atoms with van der Waals surface area (Å²) in [6.45, 7) is 1.98. The molecule has 0 aromatic heterocycles. The average molecular weight is 422 g/mol. The van der Waals surface area contributed by atoms with Crippen LogP contribution in [0.4, 0.5) is 13.2 Å². The molecule has 4 rings (SSSR count). The number of nitrogens with one attached hydrogen (secondary N) is 5. The third kappa shape index (κ3) is 3.86. The van der Waals surface area contributed by atoms with Gasteiger partial charge in [-0.2, -0.15) is 13.2 Å². The van der Waals surface area contributed by atoms with Crippen LogP contribution < -0.4 is 26.7 Å². The lowest BCUT2D eigenvalue weighted by molar-refractivity contribution is -0.138. The smallest absolute Gasteiger partial charge is 0.375 e. The third-order valence-electron chi connectivity index (χ3n) is 4.98. The van der Waals surface area contributed by atoms with Crippen molar-refractivity contribution in [3.63, 3.8) is 0 Å². The lowest BCUT2D eigenvalue weighted by atomic mass is 9.99. The van der Waals surface area contributed by atoms with Crippen LogP contribution in [0.1, 0.15) is 24.1 Å². The average Bonchev–Trinajstić information content (AvgIpc) is 3.02. The maximum atomic E-state index is 13.4. The van der Waals surface area contributed by atoms with Crippen molar-refractivity contribution >= 4 is 5.91 Å². The number of fused-ring (bicyclic) bond motifs is 1. The zero-order valence-corrected chi connectivity index (χ0v) is 15.9. The molecule has 8 nitrogen and oxygen atoms in total. The molecule has 30 heavy (non-hydrogen) atoms. The summed E-state index contributed by atoms with van der Waals surface area (Å²) < 4.78 is 40.3. The summed E-state index contributed by atoms with van der Waals surface area (Å²) in [4.78, 5) is 12.9. The summed E-state index contributed by atoms with van der Waals surface area (Å²) in [6, 6.07) is 4.57. The van der Waals surface area contributed by atoms with Gasteiger partial charge in [0.1, 0.15) is 23.9 Å². The predicted molar refractivity (Wildman–Crippen MR) is 101 cm³/mol. The topological polar surface area (TPSA) is 101 Å². The van der Waals surface area contributed by atoms with Crippen molar-refractivity contribution < 1.29 is 23.1 Å². The Morgan fingerprint density at radius 3 is 2.77 bits per heavy atom. The zero-order chi connectivity index (χ0) is 21.5. The van der Waals surface area contributed by atoms with Gasteiger partial charge in [-0.15, -0.1) is 0 Å². The van der Waals surface area contributed by atoms with Gasteiger partial charge in [-0.05, 0) is 30.7 Å². The van der Waals surface area contributed by atoms with Crippen molar-refractivity contribution in [2.75, 3.05) is 6.67 Å². The molecule has 3 aliphatic heterocycles. The molecule has 1 aromatic rings. The highest BCUT2D eigenvalue weighted by Crippen LogP contribution is 2.36. The number of amides is 1. The fourth-order valence-corrected chi connectivity index (χ4v) is 3.64. The Balaban J connectivity index is 1.57. The Bertz CT molecular complexity index is 942. The minimum absolute atomic E-state index is 0.0647. The third-order valence-corrected chi connectivity index (χ3v) is 4.98. The van der Waals surface area contributed by atoms with Crippen LogP contribution in [0.5, 0.6) is 0 Å². The number of halogens is 3. The van der Waals surface area contributed by atoms with Gasteiger partial charge in [0.05, 0.1) is 18.3 Å². The van der Waals surface area contributed by atoms with E-state index in [1.807, 2.05) is 0 Å². The highest BCUT2D eigenvalue weighted by Gasteiger charge is 2.39. The monoisotopic (exact) mass is 422 g/mol. The van der Waals surface area contributed by atoms with E-state index in [2.05, 4.69) is 26.7 Å². The fourth-order valence-electron chi connectivity index (χ4n) is 3.64. The molecule has 0 spiro atoms. The van der Waals surface area contributed by atoms with E-state index in [0.717, 1.165) is 6.07 Å². The van der Waals surface area contributed by atoms with E-state index in [-0.39, 0.29) is 17.9 Å². The molecule has 1 aromatic carbocycles. The molecule has 1 amide bonds. The second kappa shape index (κ2) is 7.67. The van der Waals surface area contributed by atoms with E-state index in [1.165, 1.54) is 23.2 Å². The minimum atomic E-state index is -4.49. The van der Waals surface area contributed by atoms with Gasteiger partial charge in [-0.3, -0.25) is 15.1 Å². The van der Waals surface area contributed by atoms with Gasteiger partial charge >= 0.3 is 6.18 Å². The number of carbonyl (C=O) groups excluding carboxylic acids is 1. The molecule has 0 bridgehead atoms. The number of nitrogens with zero attached hydrogens (tertiary/aromatic N) is 1. The summed E-state index contributed by atoms with van der Waals surface area (Å²) in [5, 5.41) is 22.5. The second-order valence-corrected chi connectivity index (χ2v) is 7.05. The van der Waals surface area contributed by atoms with Gasteiger partial charge < -0.3 is 21.1 Å². The van der Waals surface area contributed by atoms with Gasteiger partial charge in [0.15, 0.2) is 0 Å². The summed E-state index contributed by atoms with van der Waals surface area (Å²) >= 11 is 0. The van der Waals surface area contributed by atoms with Crippen LogP contribution in [0, 0.1) is 0 Å². The normalized spacial score (nSPS) is 26.0. The van der Waals surface area contributed by atoms with Gasteiger partial charge in [0.2, 0.25) is 0 Å². The van der Waals surface area contributed by atoms with Crippen LogP contribution in [0.3, 0.4) is 0 Å². The Labute approximate surface area is 170 Å². The Morgan fingerprint density at radius 2 is 2.03 bits per heavy atom. The quantitative estimate of drug-likeness (QED) is 0.399. The first kappa shape index (κ1) is 20.3. The van der Waals surface area contributed by atoms with Crippen molar-refractivity contribution in [3.8, 4) is 0 Å². The van der Waals surface area contributed by atoms with E-state index >= 15 is 0 Å². The van der Waals surface area contributed by atoms with Gasteiger partial charge in [0.25, 0.3) is 5.91 Å². The summed E-state index contributed by atoms with van der Waals surface area (Å²) in [5.74, 6) is -0.137. The molecule has 0 radical (unpaired) electrons. The van der Waals surface area contributed by atoms with Crippen LogP contribution in [-0.4, -0.2) is 35.1 Å². The Kier molecular flexibility index (Phi) is 5.18. The number of allylic oxidation sites excluding steroid dienone is 1. The maximum Gasteiger partial charge on any atom is 0.416 e. The Morgan fingerprint density at radius 1 is 1.27 bits per heavy atom. The van der Waals surface area contributed by atoms with Crippen LogP contribution >= 0.6 is 0 Å². The van der Waals surface area contributed by atoms with E-state index in [4.69, 9.17) is 0 Å². The SMILES string of the molecule is CC1=C(C(=O)NC2=CC(O)NCN2)N2NC(c3ccccc3C(F)(F)F)C=CC2N1. The number of hydrogen-bond donors (Lipinski definition) is 6. The van der Waals surface area contributed by atoms with Crippen molar-refractivity contribution in [2.45, 2.75) is 31.5 Å². The molecular weight excluding hydrogens is 401 g/mol. The largest absolute Gasteiger partial charge is 0.416 e. The van der Waals surface area contributed by atoms with Gasteiger partial charge in [-0.25, -0.2) is 5.43 Å². The van der Waals surface area contributed by atoms with Crippen molar-refractivity contribution in [2.24, 2.45) is 0 Å². The van der Waals surface area contributed by atoms with Crippen molar-refractivity contribution in [1.82, 2.24) is 31.7 Å². The summed E-state index contributed by atoms with van der Waals surface area (Å²) in [7, 11) is 0. The number of aliphatic hydroxyl groups excluding tert-OH is 1. The van der Waals surface area contributed by atoms with E-state index in [1.54, 1.807) is 25.1 Å². The molecule has 3 heterocycles. The first-order valence-corrected chi connectivity index (χ1v) is 9.30. The molecule has 3 aliphatic rings. The molecule has 160 valence electrons. The second-order valence-electron chi connectivity index (χ2n) is 7.05. The van der Waals surface area contributed by atoms with Gasteiger partial charge in [-0.1, -0.05) is 24.3 Å². The molecule has 0 saturated heterocycles. The lowest BCUT2D eigenvalue weighted by Gasteiger charge is -2.35. The fraction of sp³-hybridized carbons (Fsp3) is 0.316. The number of rotatable bonds is 3. The Hall–Kier alpha value is -3.02. The predicted octanol–water partition coefficient (Wildman–Crippen LogP) is 0.710. The molecule has 3 atom stereocenters. The number of aliphatic hydroxyl groups is 1. The molecule has 0 fully saturated rings. The molecule has 0 saturated carbocycles. The molecule has 0 aliphatic carbocycles. The molecule has 11 heteroatoms. The number of carbonyl (C=O) groups is 1. The maximum absolute atomic E-state index is 13.4.